The molecule has 0 spiro atoms. The van der Waals surface area contributed by atoms with Crippen LogP contribution < -0.4 is 5.32 Å². The van der Waals surface area contributed by atoms with Gasteiger partial charge in [-0.25, -0.2) is 8.42 Å². The fraction of sp³-hybridized carbons (Fsp3) is 1.00. The second kappa shape index (κ2) is 4.83. The summed E-state index contributed by atoms with van der Waals surface area (Å²) >= 11 is 0. The van der Waals surface area contributed by atoms with Crippen LogP contribution in [-0.4, -0.2) is 33.5 Å². The highest BCUT2D eigenvalue weighted by Gasteiger charge is 2.44. The van der Waals surface area contributed by atoms with Gasteiger partial charge in [0, 0.05) is 12.8 Å². The molecule has 0 amide bonds. The predicted octanol–water partition coefficient (Wildman–Crippen LogP) is 1.45. The molecule has 15 heavy (non-hydrogen) atoms. The highest BCUT2D eigenvalue weighted by molar-refractivity contribution is 7.90. The summed E-state index contributed by atoms with van der Waals surface area (Å²) in [6, 6.07) is 0. The molecule has 0 unspecified atom stereocenters. The Morgan fingerprint density at radius 2 is 1.93 bits per heavy atom. The number of rotatable bonds is 7. The molecular formula is C11H23NO2S. The first-order valence-corrected chi connectivity index (χ1v) is 7.80. The lowest BCUT2D eigenvalue weighted by Crippen LogP contribution is -2.29. The molecule has 0 atom stereocenters. The van der Waals surface area contributed by atoms with Crippen molar-refractivity contribution in [2.75, 3.05) is 25.1 Å². The maximum Gasteiger partial charge on any atom is 0.147 e. The Kier molecular flexibility index (Phi) is 4.18. The van der Waals surface area contributed by atoms with Crippen LogP contribution in [0.4, 0.5) is 0 Å². The van der Waals surface area contributed by atoms with Crippen LogP contribution in [-0.2, 0) is 9.84 Å². The molecule has 0 aromatic carbocycles. The van der Waals surface area contributed by atoms with Crippen molar-refractivity contribution in [3.05, 3.63) is 0 Å². The van der Waals surface area contributed by atoms with Crippen LogP contribution in [0.3, 0.4) is 0 Å². The average Bonchev–Trinajstić information content (AvgIpc) is 2.82. The molecule has 1 rings (SSSR count). The van der Waals surface area contributed by atoms with Crippen molar-refractivity contribution in [3.8, 4) is 0 Å². The molecule has 0 aromatic rings. The number of nitrogens with one attached hydrogen (secondary N) is 1. The van der Waals surface area contributed by atoms with Gasteiger partial charge < -0.3 is 5.32 Å². The first kappa shape index (κ1) is 13.0. The van der Waals surface area contributed by atoms with Crippen LogP contribution in [0.5, 0.6) is 0 Å². The zero-order chi connectivity index (χ0) is 11.5. The summed E-state index contributed by atoms with van der Waals surface area (Å²) in [5, 5.41) is 3.38. The minimum absolute atomic E-state index is 0.300. The highest BCUT2D eigenvalue weighted by atomic mass is 32.2. The molecule has 90 valence electrons. The van der Waals surface area contributed by atoms with Gasteiger partial charge in [0.25, 0.3) is 0 Å². The largest absolute Gasteiger partial charge is 0.316 e. The molecule has 1 N–H and O–H groups in total. The third-order valence-corrected chi connectivity index (χ3v) is 4.49. The van der Waals surface area contributed by atoms with E-state index >= 15 is 0 Å². The fourth-order valence-corrected chi connectivity index (χ4v) is 2.58. The third kappa shape index (κ3) is 4.51. The molecule has 4 heteroatoms. The van der Waals surface area contributed by atoms with E-state index in [0.717, 1.165) is 25.4 Å². The summed E-state index contributed by atoms with van der Waals surface area (Å²) in [7, 11) is -2.78. The van der Waals surface area contributed by atoms with Crippen molar-refractivity contribution >= 4 is 9.84 Å². The minimum atomic E-state index is -2.78. The topological polar surface area (TPSA) is 46.2 Å². The smallest absolute Gasteiger partial charge is 0.147 e. The Hall–Kier alpha value is -0.0900. The van der Waals surface area contributed by atoms with Gasteiger partial charge in [0.05, 0.1) is 5.75 Å². The van der Waals surface area contributed by atoms with Crippen LogP contribution in [0.2, 0.25) is 0 Å². The molecule has 0 radical (unpaired) electrons. The molecule has 3 nitrogen and oxygen atoms in total. The molecule has 1 aliphatic rings. The summed E-state index contributed by atoms with van der Waals surface area (Å²) < 4.78 is 21.8. The van der Waals surface area contributed by atoms with Gasteiger partial charge in [-0.1, -0.05) is 13.8 Å². The van der Waals surface area contributed by atoms with Crippen molar-refractivity contribution in [1.82, 2.24) is 5.32 Å². The summed E-state index contributed by atoms with van der Waals surface area (Å²) in [6.07, 6.45) is 4.67. The monoisotopic (exact) mass is 233 g/mol. The Morgan fingerprint density at radius 3 is 2.33 bits per heavy atom. The van der Waals surface area contributed by atoms with Crippen molar-refractivity contribution < 1.29 is 8.42 Å². The van der Waals surface area contributed by atoms with E-state index in [-0.39, 0.29) is 0 Å². The van der Waals surface area contributed by atoms with Gasteiger partial charge in [0.2, 0.25) is 0 Å². The van der Waals surface area contributed by atoms with Gasteiger partial charge in [0.1, 0.15) is 9.84 Å². The minimum Gasteiger partial charge on any atom is -0.316 e. The number of hydrogen-bond donors (Lipinski definition) is 1. The van der Waals surface area contributed by atoms with E-state index in [1.165, 1.54) is 19.1 Å². The van der Waals surface area contributed by atoms with E-state index in [1.807, 2.05) is 0 Å². The summed E-state index contributed by atoms with van der Waals surface area (Å²) in [4.78, 5) is 0. The second-order valence-electron chi connectivity index (χ2n) is 5.18. The summed E-state index contributed by atoms with van der Waals surface area (Å²) in [5.74, 6) is 1.04. The van der Waals surface area contributed by atoms with Gasteiger partial charge in [0.15, 0.2) is 0 Å². The van der Waals surface area contributed by atoms with Gasteiger partial charge in [-0.05, 0) is 37.1 Å². The standard InChI is InChI=1S/C11H23NO2S/c1-10(2)11(5-6-11)9-12-7-4-8-15(3,13)14/h10,12H,4-9H2,1-3H3. The van der Waals surface area contributed by atoms with Crippen molar-refractivity contribution in [1.29, 1.82) is 0 Å². The van der Waals surface area contributed by atoms with E-state index in [0.29, 0.717) is 11.2 Å². The maximum absolute atomic E-state index is 10.9. The quantitative estimate of drug-likeness (QED) is 0.677. The Bertz CT molecular complexity index is 292. The third-order valence-electron chi connectivity index (χ3n) is 3.46. The first-order chi connectivity index (χ1) is 6.86. The van der Waals surface area contributed by atoms with Crippen molar-refractivity contribution in [3.63, 3.8) is 0 Å². The fourth-order valence-electron chi connectivity index (χ4n) is 1.92. The van der Waals surface area contributed by atoms with Crippen LogP contribution in [0.1, 0.15) is 33.1 Å². The Morgan fingerprint density at radius 1 is 1.33 bits per heavy atom. The van der Waals surface area contributed by atoms with Gasteiger partial charge >= 0.3 is 0 Å². The SMILES string of the molecule is CC(C)C1(CNCCCS(C)(=O)=O)CC1. The summed E-state index contributed by atoms with van der Waals surface area (Å²) in [5.41, 5.74) is 0.519. The molecule has 0 bridgehead atoms. The molecule has 0 heterocycles. The van der Waals surface area contributed by atoms with Gasteiger partial charge in [-0.3, -0.25) is 0 Å². The molecule has 1 fully saturated rings. The molecule has 0 aromatic heterocycles. The summed E-state index contributed by atoms with van der Waals surface area (Å²) in [6.45, 7) is 6.41. The maximum atomic E-state index is 10.9. The zero-order valence-electron chi connectivity index (χ0n) is 10.0. The lowest BCUT2D eigenvalue weighted by atomic mass is 9.92. The lowest BCUT2D eigenvalue weighted by molar-refractivity contribution is 0.339. The molecule has 0 saturated heterocycles. The zero-order valence-corrected chi connectivity index (χ0v) is 10.9. The van der Waals surface area contributed by atoms with Crippen LogP contribution in [0, 0.1) is 11.3 Å². The average molecular weight is 233 g/mol. The van der Waals surface area contributed by atoms with Crippen LogP contribution in [0.25, 0.3) is 0 Å². The normalized spacial score (nSPS) is 19.5. The van der Waals surface area contributed by atoms with E-state index in [9.17, 15) is 8.42 Å². The van der Waals surface area contributed by atoms with E-state index in [2.05, 4.69) is 19.2 Å². The Labute approximate surface area is 93.6 Å². The molecule has 0 aliphatic heterocycles. The van der Waals surface area contributed by atoms with Crippen LogP contribution in [0.15, 0.2) is 0 Å². The highest BCUT2D eigenvalue weighted by Crippen LogP contribution is 2.51. The van der Waals surface area contributed by atoms with Crippen molar-refractivity contribution in [2.24, 2.45) is 11.3 Å². The van der Waals surface area contributed by atoms with E-state index < -0.39 is 9.84 Å². The molecular weight excluding hydrogens is 210 g/mol. The Balaban J connectivity index is 2.08. The van der Waals surface area contributed by atoms with E-state index in [1.54, 1.807) is 0 Å². The number of hydrogen-bond acceptors (Lipinski definition) is 3. The molecule has 1 aliphatic carbocycles. The van der Waals surface area contributed by atoms with Gasteiger partial charge in [-0.2, -0.15) is 0 Å². The van der Waals surface area contributed by atoms with Crippen molar-refractivity contribution in [2.45, 2.75) is 33.1 Å². The molecule has 1 saturated carbocycles. The first-order valence-electron chi connectivity index (χ1n) is 5.74. The number of sulfone groups is 1. The predicted molar refractivity (Wildman–Crippen MR) is 63.7 cm³/mol. The second-order valence-corrected chi connectivity index (χ2v) is 7.44. The van der Waals surface area contributed by atoms with Crippen LogP contribution >= 0.6 is 0 Å². The lowest BCUT2D eigenvalue weighted by Gasteiger charge is -2.19. The van der Waals surface area contributed by atoms with Gasteiger partial charge in [-0.15, -0.1) is 0 Å². The van der Waals surface area contributed by atoms with E-state index in [4.69, 9.17) is 0 Å².